The van der Waals surface area contributed by atoms with Crippen LogP contribution < -0.4 is 4.74 Å². The van der Waals surface area contributed by atoms with Gasteiger partial charge >= 0.3 is 0 Å². The van der Waals surface area contributed by atoms with Crippen LogP contribution in [0.25, 0.3) is 22.2 Å². The number of hydrogen-bond acceptors (Lipinski definition) is 2. The Hall–Kier alpha value is -2.36. The van der Waals surface area contributed by atoms with Crippen LogP contribution in [-0.4, -0.2) is 17.3 Å². The van der Waals surface area contributed by atoms with Crippen LogP contribution in [0.3, 0.4) is 0 Å². The van der Waals surface area contributed by atoms with E-state index in [2.05, 4.69) is 10.2 Å². The molecule has 3 nitrogen and oxygen atoms in total. The molecule has 0 bridgehead atoms. The number of nitrogens with one attached hydrogen (secondary N) is 1. The summed E-state index contributed by atoms with van der Waals surface area (Å²) in [4.78, 5) is 0. The second-order valence-electron chi connectivity index (χ2n) is 3.96. The van der Waals surface area contributed by atoms with E-state index in [-0.39, 0.29) is 5.82 Å². The first-order valence-electron chi connectivity index (χ1n) is 5.56. The molecule has 0 spiro atoms. The van der Waals surface area contributed by atoms with Gasteiger partial charge in [-0.3, -0.25) is 5.10 Å². The third-order valence-corrected chi connectivity index (χ3v) is 2.89. The van der Waals surface area contributed by atoms with Crippen LogP contribution in [0.2, 0.25) is 0 Å². The first kappa shape index (κ1) is 10.8. The van der Waals surface area contributed by atoms with Gasteiger partial charge in [0.15, 0.2) is 0 Å². The fourth-order valence-electron chi connectivity index (χ4n) is 2.03. The predicted molar refractivity (Wildman–Crippen MR) is 68.0 cm³/mol. The number of aromatic nitrogens is 2. The minimum Gasteiger partial charge on any atom is -0.496 e. The molecule has 4 heteroatoms. The van der Waals surface area contributed by atoms with Crippen molar-refractivity contribution < 1.29 is 9.13 Å². The molecular formula is C14H11FN2O. The molecule has 0 radical (unpaired) electrons. The fourth-order valence-corrected chi connectivity index (χ4v) is 2.03. The Kier molecular flexibility index (Phi) is 2.48. The van der Waals surface area contributed by atoms with E-state index in [1.165, 1.54) is 12.1 Å². The van der Waals surface area contributed by atoms with Crippen molar-refractivity contribution in [2.75, 3.05) is 7.11 Å². The molecule has 0 unspecified atom stereocenters. The highest BCUT2D eigenvalue weighted by Gasteiger charge is 2.13. The first-order valence-corrected chi connectivity index (χ1v) is 5.56. The molecule has 2 aromatic carbocycles. The maximum absolute atomic E-state index is 13.4. The number of aromatic amines is 1. The first-order chi connectivity index (χ1) is 8.79. The molecule has 0 aliphatic rings. The highest BCUT2D eigenvalue weighted by atomic mass is 19.1. The topological polar surface area (TPSA) is 37.9 Å². The van der Waals surface area contributed by atoms with E-state index in [0.29, 0.717) is 17.0 Å². The van der Waals surface area contributed by atoms with Crippen molar-refractivity contribution in [3.8, 4) is 17.0 Å². The lowest BCUT2D eigenvalue weighted by atomic mass is 10.1. The summed E-state index contributed by atoms with van der Waals surface area (Å²) in [5.74, 6) is 0.298. The number of methoxy groups -OCH3 is 1. The van der Waals surface area contributed by atoms with Crippen molar-refractivity contribution in [2.45, 2.75) is 0 Å². The second kappa shape index (κ2) is 4.14. The Morgan fingerprint density at radius 2 is 2.00 bits per heavy atom. The van der Waals surface area contributed by atoms with Crippen LogP contribution in [-0.2, 0) is 0 Å². The number of halogens is 1. The normalized spacial score (nSPS) is 10.8. The number of para-hydroxylation sites is 1. The maximum Gasteiger partial charge on any atom is 0.128 e. The minimum atomic E-state index is -0.308. The molecule has 3 rings (SSSR count). The van der Waals surface area contributed by atoms with Crippen LogP contribution in [0.15, 0.2) is 42.5 Å². The largest absolute Gasteiger partial charge is 0.496 e. The van der Waals surface area contributed by atoms with E-state index >= 15 is 0 Å². The van der Waals surface area contributed by atoms with Gasteiger partial charge < -0.3 is 4.74 Å². The summed E-state index contributed by atoms with van der Waals surface area (Å²) >= 11 is 0. The van der Waals surface area contributed by atoms with Gasteiger partial charge in [-0.15, -0.1) is 0 Å². The maximum atomic E-state index is 13.4. The third kappa shape index (κ3) is 1.62. The standard InChI is InChI=1S/C14H11FN2O/c1-18-13-7-6-9(15)8-11(13)14-10-4-2-3-5-12(10)16-17-14/h2-8H,1H3,(H,16,17). The van der Waals surface area contributed by atoms with E-state index in [1.807, 2.05) is 24.3 Å². The van der Waals surface area contributed by atoms with Crippen molar-refractivity contribution >= 4 is 10.9 Å². The minimum absolute atomic E-state index is 0.308. The van der Waals surface area contributed by atoms with Crippen molar-refractivity contribution in [1.82, 2.24) is 10.2 Å². The zero-order chi connectivity index (χ0) is 12.5. The number of rotatable bonds is 2. The molecular weight excluding hydrogens is 231 g/mol. The summed E-state index contributed by atoms with van der Waals surface area (Å²) in [6.45, 7) is 0. The smallest absolute Gasteiger partial charge is 0.128 e. The van der Waals surface area contributed by atoms with E-state index in [0.717, 1.165) is 10.9 Å². The van der Waals surface area contributed by atoms with Gasteiger partial charge in [-0.2, -0.15) is 5.10 Å². The van der Waals surface area contributed by atoms with Gasteiger partial charge in [-0.25, -0.2) is 4.39 Å². The summed E-state index contributed by atoms with van der Waals surface area (Å²) in [5.41, 5.74) is 2.26. The molecule has 90 valence electrons. The van der Waals surface area contributed by atoms with Gasteiger partial charge in [0.2, 0.25) is 0 Å². The third-order valence-electron chi connectivity index (χ3n) is 2.89. The number of ether oxygens (including phenoxy) is 1. The monoisotopic (exact) mass is 242 g/mol. The van der Waals surface area contributed by atoms with Crippen LogP contribution in [0.5, 0.6) is 5.75 Å². The molecule has 0 saturated heterocycles. The van der Waals surface area contributed by atoms with Crippen molar-refractivity contribution in [3.05, 3.63) is 48.3 Å². The number of hydrogen-bond donors (Lipinski definition) is 1. The van der Waals surface area contributed by atoms with Crippen LogP contribution in [0.1, 0.15) is 0 Å². The Labute approximate surface area is 103 Å². The lowest BCUT2D eigenvalue weighted by Gasteiger charge is -2.06. The molecule has 1 aromatic heterocycles. The van der Waals surface area contributed by atoms with E-state index in [9.17, 15) is 4.39 Å². The van der Waals surface area contributed by atoms with Crippen LogP contribution in [0.4, 0.5) is 4.39 Å². The van der Waals surface area contributed by atoms with E-state index in [1.54, 1.807) is 13.2 Å². The molecule has 0 amide bonds. The van der Waals surface area contributed by atoms with Gasteiger partial charge in [-0.05, 0) is 24.3 Å². The van der Waals surface area contributed by atoms with Crippen molar-refractivity contribution in [2.24, 2.45) is 0 Å². The average molecular weight is 242 g/mol. The summed E-state index contributed by atoms with van der Waals surface area (Å²) in [7, 11) is 1.56. The van der Waals surface area contributed by atoms with Gasteiger partial charge in [0.05, 0.1) is 12.6 Å². The Balaban J connectivity index is 2.29. The number of benzene rings is 2. The molecule has 18 heavy (non-hydrogen) atoms. The molecule has 0 fully saturated rings. The lowest BCUT2D eigenvalue weighted by Crippen LogP contribution is -1.89. The van der Waals surface area contributed by atoms with Gasteiger partial charge in [0.25, 0.3) is 0 Å². The number of H-pyrrole nitrogens is 1. The highest BCUT2D eigenvalue weighted by Crippen LogP contribution is 2.33. The predicted octanol–water partition coefficient (Wildman–Crippen LogP) is 3.38. The molecule has 0 aliphatic heterocycles. The van der Waals surface area contributed by atoms with Gasteiger partial charge in [-0.1, -0.05) is 18.2 Å². The molecule has 0 atom stereocenters. The van der Waals surface area contributed by atoms with Crippen molar-refractivity contribution in [3.63, 3.8) is 0 Å². The molecule has 1 heterocycles. The Morgan fingerprint density at radius 3 is 2.83 bits per heavy atom. The second-order valence-corrected chi connectivity index (χ2v) is 3.96. The average Bonchev–Trinajstić information content (AvgIpc) is 2.82. The Morgan fingerprint density at radius 1 is 1.17 bits per heavy atom. The number of fused-ring (bicyclic) bond motifs is 1. The lowest BCUT2D eigenvalue weighted by molar-refractivity contribution is 0.415. The zero-order valence-electron chi connectivity index (χ0n) is 9.77. The van der Waals surface area contributed by atoms with Gasteiger partial charge in [0, 0.05) is 10.9 Å². The fraction of sp³-hybridized carbons (Fsp3) is 0.0714. The SMILES string of the molecule is COc1ccc(F)cc1-c1n[nH]c2ccccc12. The van der Waals surface area contributed by atoms with Crippen LogP contribution >= 0.6 is 0 Å². The quantitative estimate of drug-likeness (QED) is 0.748. The molecule has 3 aromatic rings. The molecule has 1 N–H and O–H groups in total. The highest BCUT2D eigenvalue weighted by molar-refractivity contribution is 5.94. The van der Waals surface area contributed by atoms with Gasteiger partial charge in [0.1, 0.15) is 17.3 Å². The zero-order valence-corrected chi connectivity index (χ0v) is 9.77. The van der Waals surface area contributed by atoms with Crippen molar-refractivity contribution in [1.29, 1.82) is 0 Å². The van der Waals surface area contributed by atoms with Crippen LogP contribution in [0, 0.1) is 5.82 Å². The van der Waals surface area contributed by atoms with E-state index < -0.39 is 0 Å². The number of nitrogens with zero attached hydrogens (tertiary/aromatic N) is 1. The summed E-state index contributed by atoms with van der Waals surface area (Å²) < 4.78 is 18.6. The summed E-state index contributed by atoms with van der Waals surface area (Å²) in [6, 6.07) is 12.1. The molecule has 0 aliphatic carbocycles. The summed E-state index contributed by atoms with van der Waals surface area (Å²) in [6.07, 6.45) is 0. The Bertz CT molecular complexity index is 706. The summed E-state index contributed by atoms with van der Waals surface area (Å²) in [5, 5.41) is 8.12. The molecule has 0 saturated carbocycles. The van der Waals surface area contributed by atoms with E-state index in [4.69, 9.17) is 4.74 Å².